The standard InChI is InChI=1S/C11H16O2.C7H8/c12-11-10(6-7-13-11)8-9-4-2-1-3-5-9;1-7-5-3-2-4-6-7/h8-9H,1-7H2;2-6H,1H3. The molecule has 0 radical (unpaired) electrons. The van der Waals surface area contributed by atoms with Gasteiger partial charge in [-0.05, 0) is 25.7 Å². The number of rotatable bonds is 1. The van der Waals surface area contributed by atoms with Gasteiger partial charge in [-0.1, -0.05) is 61.2 Å². The van der Waals surface area contributed by atoms with Gasteiger partial charge in [0.25, 0.3) is 0 Å². The minimum atomic E-state index is -0.0782. The van der Waals surface area contributed by atoms with Crippen molar-refractivity contribution < 1.29 is 9.53 Å². The average molecular weight is 272 g/mol. The first-order valence-electron chi connectivity index (χ1n) is 7.65. The molecule has 2 heteroatoms. The lowest BCUT2D eigenvalue weighted by Crippen LogP contribution is -2.05. The highest BCUT2D eigenvalue weighted by Gasteiger charge is 2.21. The molecule has 108 valence electrons. The Balaban J connectivity index is 0.000000178. The van der Waals surface area contributed by atoms with E-state index in [2.05, 4.69) is 25.1 Å². The number of carbonyl (C=O) groups excluding carboxylic acids is 1. The molecule has 1 aliphatic carbocycles. The van der Waals surface area contributed by atoms with E-state index in [9.17, 15) is 4.79 Å². The van der Waals surface area contributed by atoms with Gasteiger partial charge in [-0.2, -0.15) is 0 Å². The molecule has 0 spiro atoms. The topological polar surface area (TPSA) is 26.3 Å². The van der Waals surface area contributed by atoms with Gasteiger partial charge < -0.3 is 4.74 Å². The molecule has 0 aromatic heterocycles. The highest BCUT2D eigenvalue weighted by molar-refractivity contribution is 5.90. The van der Waals surface area contributed by atoms with Crippen LogP contribution in [0.15, 0.2) is 42.0 Å². The van der Waals surface area contributed by atoms with Crippen LogP contribution in [-0.4, -0.2) is 12.6 Å². The van der Waals surface area contributed by atoms with Crippen molar-refractivity contribution in [3.8, 4) is 0 Å². The Kier molecular flexibility index (Phi) is 5.85. The van der Waals surface area contributed by atoms with Gasteiger partial charge in [-0.3, -0.25) is 0 Å². The molecular formula is C18H24O2. The van der Waals surface area contributed by atoms with E-state index < -0.39 is 0 Å². The van der Waals surface area contributed by atoms with Gasteiger partial charge >= 0.3 is 5.97 Å². The third kappa shape index (κ3) is 4.84. The second-order valence-corrected chi connectivity index (χ2v) is 5.63. The second-order valence-electron chi connectivity index (χ2n) is 5.63. The second kappa shape index (κ2) is 7.88. The number of ether oxygens (including phenoxy) is 1. The van der Waals surface area contributed by atoms with Crippen molar-refractivity contribution in [2.24, 2.45) is 5.92 Å². The van der Waals surface area contributed by atoms with Gasteiger partial charge in [0.1, 0.15) is 0 Å². The van der Waals surface area contributed by atoms with Crippen LogP contribution in [0.4, 0.5) is 0 Å². The molecule has 1 saturated carbocycles. The Labute approximate surface area is 121 Å². The van der Waals surface area contributed by atoms with Crippen molar-refractivity contribution in [2.45, 2.75) is 45.4 Å². The van der Waals surface area contributed by atoms with E-state index in [1.165, 1.54) is 37.7 Å². The van der Waals surface area contributed by atoms with Crippen LogP contribution in [0.2, 0.25) is 0 Å². The summed E-state index contributed by atoms with van der Waals surface area (Å²) in [6.07, 6.45) is 9.52. The van der Waals surface area contributed by atoms with E-state index in [-0.39, 0.29) is 5.97 Å². The lowest BCUT2D eigenvalue weighted by atomic mass is 9.88. The van der Waals surface area contributed by atoms with Gasteiger partial charge in [0.2, 0.25) is 0 Å². The van der Waals surface area contributed by atoms with Gasteiger partial charge in [-0.25, -0.2) is 4.79 Å². The summed E-state index contributed by atoms with van der Waals surface area (Å²) in [5.74, 6) is 0.569. The molecule has 2 aliphatic rings. The summed E-state index contributed by atoms with van der Waals surface area (Å²) in [4.78, 5) is 11.2. The number of carbonyl (C=O) groups is 1. The maximum atomic E-state index is 11.2. The molecule has 1 aromatic rings. The number of esters is 1. The quantitative estimate of drug-likeness (QED) is 0.558. The fraction of sp³-hybridized carbons (Fsp3) is 0.500. The number of benzene rings is 1. The largest absolute Gasteiger partial charge is 0.462 e. The van der Waals surface area contributed by atoms with Gasteiger partial charge in [0.05, 0.1) is 6.61 Å². The molecule has 0 N–H and O–H groups in total. The Morgan fingerprint density at radius 3 is 2.30 bits per heavy atom. The Bertz CT molecular complexity index is 442. The third-order valence-corrected chi connectivity index (χ3v) is 3.89. The maximum absolute atomic E-state index is 11.2. The van der Waals surface area contributed by atoms with Crippen molar-refractivity contribution in [1.29, 1.82) is 0 Å². The molecule has 2 nitrogen and oxygen atoms in total. The highest BCUT2D eigenvalue weighted by Crippen LogP contribution is 2.27. The number of hydrogen-bond donors (Lipinski definition) is 0. The normalized spacial score (nSPS) is 21.2. The summed E-state index contributed by atoms with van der Waals surface area (Å²) in [6.45, 7) is 2.68. The summed E-state index contributed by atoms with van der Waals surface area (Å²) < 4.78 is 4.90. The Hall–Kier alpha value is -1.57. The fourth-order valence-electron chi connectivity index (χ4n) is 2.72. The van der Waals surface area contributed by atoms with Crippen LogP contribution >= 0.6 is 0 Å². The molecule has 1 aromatic carbocycles. The SMILES string of the molecule is Cc1ccccc1.O=C1OCCC1=CC1CCCCC1. The van der Waals surface area contributed by atoms with Gasteiger partial charge in [0, 0.05) is 12.0 Å². The number of cyclic esters (lactones) is 1. The van der Waals surface area contributed by atoms with Crippen LogP contribution in [0.1, 0.15) is 44.1 Å². The lowest BCUT2D eigenvalue weighted by Gasteiger charge is -2.18. The summed E-state index contributed by atoms with van der Waals surface area (Å²) in [5, 5.41) is 0. The predicted molar refractivity (Wildman–Crippen MR) is 81.4 cm³/mol. The van der Waals surface area contributed by atoms with E-state index in [1.54, 1.807) is 0 Å². The Morgan fingerprint density at radius 1 is 1.10 bits per heavy atom. The van der Waals surface area contributed by atoms with E-state index in [4.69, 9.17) is 4.74 Å². The zero-order valence-electron chi connectivity index (χ0n) is 12.3. The van der Waals surface area contributed by atoms with Gasteiger partial charge in [-0.15, -0.1) is 0 Å². The summed E-state index contributed by atoms with van der Waals surface area (Å²) in [5.41, 5.74) is 2.24. The molecule has 0 bridgehead atoms. The van der Waals surface area contributed by atoms with Crippen LogP contribution < -0.4 is 0 Å². The summed E-state index contributed by atoms with van der Waals surface area (Å²) in [7, 11) is 0. The van der Waals surface area contributed by atoms with Crippen LogP contribution in [0, 0.1) is 12.8 Å². The van der Waals surface area contributed by atoms with Crippen molar-refractivity contribution >= 4 is 5.97 Å². The first-order chi connectivity index (χ1) is 9.75. The first-order valence-corrected chi connectivity index (χ1v) is 7.65. The molecule has 1 aliphatic heterocycles. The van der Waals surface area contributed by atoms with E-state index >= 15 is 0 Å². The van der Waals surface area contributed by atoms with E-state index in [1.807, 2.05) is 18.2 Å². The smallest absolute Gasteiger partial charge is 0.333 e. The number of allylic oxidation sites excluding steroid dienone is 1. The predicted octanol–water partition coefficient (Wildman–Crippen LogP) is 4.44. The summed E-state index contributed by atoms with van der Waals surface area (Å²) >= 11 is 0. The van der Waals surface area contributed by atoms with Crippen LogP contribution in [0.25, 0.3) is 0 Å². The first kappa shape index (κ1) is 14.8. The van der Waals surface area contributed by atoms with Gasteiger partial charge in [0.15, 0.2) is 0 Å². The van der Waals surface area contributed by atoms with E-state index in [0.717, 1.165) is 12.0 Å². The lowest BCUT2D eigenvalue weighted by molar-refractivity contribution is -0.135. The average Bonchev–Trinajstić information content (AvgIpc) is 2.87. The third-order valence-electron chi connectivity index (χ3n) is 3.89. The fourth-order valence-corrected chi connectivity index (χ4v) is 2.72. The Morgan fingerprint density at radius 2 is 1.80 bits per heavy atom. The zero-order valence-corrected chi connectivity index (χ0v) is 12.3. The molecular weight excluding hydrogens is 248 g/mol. The van der Waals surface area contributed by atoms with Crippen molar-refractivity contribution in [2.75, 3.05) is 6.61 Å². The minimum absolute atomic E-state index is 0.0782. The zero-order chi connectivity index (χ0) is 14.2. The number of hydrogen-bond acceptors (Lipinski definition) is 2. The van der Waals surface area contributed by atoms with Crippen molar-refractivity contribution in [1.82, 2.24) is 0 Å². The maximum Gasteiger partial charge on any atom is 0.333 e. The molecule has 20 heavy (non-hydrogen) atoms. The van der Waals surface area contributed by atoms with Crippen LogP contribution in [-0.2, 0) is 9.53 Å². The molecule has 1 saturated heterocycles. The molecule has 1 heterocycles. The molecule has 0 unspecified atom stereocenters. The van der Waals surface area contributed by atoms with E-state index in [0.29, 0.717) is 12.5 Å². The number of aryl methyl sites for hydroxylation is 1. The minimum Gasteiger partial charge on any atom is -0.462 e. The van der Waals surface area contributed by atoms with Crippen molar-refractivity contribution in [3.05, 3.63) is 47.5 Å². The molecule has 2 fully saturated rings. The molecule has 0 atom stereocenters. The molecule has 3 rings (SSSR count). The van der Waals surface area contributed by atoms with Crippen LogP contribution in [0.5, 0.6) is 0 Å². The monoisotopic (exact) mass is 272 g/mol. The summed E-state index contributed by atoms with van der Waals surface area (Å²) in [6, 6.07) is 10.3. The van der Waals surface area contributed by atoms with Crippen molar-refractivity contribution in [3.63, 3.8) is 0 Å². The molecule has 0 amide bonds. The van der Waals surface area contributed by atoms with Crippen LogP contribution in [0.3, 0.4) is 0 Å². The highest BCUT2D eigenvalue weighted by atomic mass is 16.5.